The lowest BCUT2D eigenvalue weighted by atomic mass is 9.74. The molecule has 0 amide bonds. The van der Waals surface area contributed by atoms with Gasteiger partial charge >= 0.3 is 0 Å². The van der Waals surface area contributed by atoms with Crippen LogP contribution in [0.5, 0.6) is 0 Å². The summed E-state index contributed by atoms with van der Waals surface area (Å²) in [7, 11) is 0. The summed E-state index contributed by atoms with van der Waals surface area (Å²) in [6, 6.07) is 3.34. The molecular weight excluding hydrogens is 244 g/mol. The van der Waals surface area contributed by atoms with E-state index in [1.54, 1.807) is 5.69 Å². The molecule has 2 nitrogen and oxygen atoms in total. The van der Waals surface area contributed by atoms with Gasteiger partial charge in [0.1, 0.15) is 0 Å². The first-order chi connectivity index (χ1) is 9.48. The molecule has 0 radical (unpaired) electrons. The summed E-state index contributed by atoms with van der Waals surface area (Å²) < 4.78 is 2.67. The lowest BCUT2D eigenvalue weighted by Gasteiger charge is -2.36. The molecule has 2 N–H and O–H groups in total. The van der Waals surface area contributed by atoms with Gasteiger partial charge in [0.25, 0.3) is 0 Å². The highest BCUT2D eigenvalue weighted by molar-refractivity contribution is 5.34. The first-order valence-corrected chi connectivity index (χ1v) is 8.44. The standard InChI is InChI=1S/C18H30N2/c1-13-10-15-16(19)11-18(2,3)12-17(15)20(13)14-8-6-4-5-7-9-14/h10,14,16H,4-9,11-12,19H2,1-3H3. The Labute approximate surface area is 123 Å². The van der Waals surface area contributed by atoms with E-state index in [0.717, 1.165) is 12.5 Å². The fourth-order valence-corrected chi connectivity index (χ4v) is 4.49. The number of hydrogen-bond donors (Lipinski definition) is 1. The third kappa shape index (κ3) is 2.55. The summed E-state index contributed by atoms with van der Waals surface area (Å²) in [6.07, 6.45) is 10.7. The van der Waals surface area contributed by atoms with Crippen LogP contribution in [0.4, 0.5) is 0 Å². The van der Waals surface area contributed by atoms with Crippen molar-refractivity contribution >= 4 is 0 Å². The van der Waals surface area contributed by atoms with Gasteiger partial charge in [-0.2, -0.15) is 0 Å². The highest BCUT2D eigenvalue weighted by Crippen LogP contribution is 2.43. The van der Waals surface area contributed by atoms with E-state index >= 15 is 0 Å². The Hall–Kier alpha value is -0.760. The van der Waals surface area contributed by atoms with Crippen LogP contribution in [0.1, 0.15) is 87.8 Å². The molecule has 1 heterocycles. The van der Waals surface area contributed by atoms with Crippen molar-refractivity contribution in [2.75, 3.05) is 0 Å². The van der Waals surface area contributed by atoms with Crippen molar-refractivity contribution in [1.82, 2.24) is 4.57 Å². The summed E-state index contributed by atoms with van der Waals surface area (Å²) in [6.45, 7) is 7.02. The Bertz CT molecular complexity index is 476. The minimum absolute atomic E-state index is 0.236. The quantitative estimate of drug-likeness (QED) is 0.742. The van der Waals surface area contributed by atoms with Crippen molar-refractivity contribution in [3.63, 3.8) is 0 Å². The summed E-state index contributed by atoms with van der Waals surface area (Å²) in [4.78, 5) is 0. The van der Waals surface area contributed by atoms with Gasteiger partial charge in [-0.15, -0.1) is 0 Å². The van der Waals surface area contributed by atoms with Crippen molar-refractivity contribution in [1.29, 1.82) is 0 Å². The van der Waals surface area contributed by atoms with E-state index in [1.165, 1.54) is 56.2 Å². The Balaban J connectivity index is 1.99. The van der Waals surface area contributed by atoms with Crippen LogP contribution in [-0.2, 0) is 6.42 Å². The summed E-state index contributed by atoms with van der Waals surface area (Å²) in [5.74, 6) is 0. The van der Waals surface area contributed by atoms with Crippen molar-refractivity contribution in [2.24, 2.45) is 11.1 Å². The monoisotopic (exact) mass is 274 g/mol. The topological polar surface area (TPSA) is 30.9 Å². The fourth-order valence-electron chi connectivity index (χ4n) is 4.49. The predicted octanol–water partition coefficient (Wildman–Crippen LogP) is 4.66. The highest BCUT2D eigenvalue weighted by Gasteiger charge is 2.34. The van der Waals surface area contributed by atoms with Crippen molar-refractivity contribution < 1.29 is 0 Å². The van der Waals surface area contributed by atoms with Crippen molar-refractivity contribution in [2.45, 2.75) is 84.2 Å². The first kappa shape index (κ1) is 14.2. The molecule has 1 saturated carbocycles. The molecular formula is C18H30N2. The summed E-state index contributed by atoms with van der Waals surface area (Å²) in [5.41, 5.74) is 11.2. The second-order valence-electron chi connectivity index (χ2n) is 7.85. The average molecular weight is 274 g/mol. The van der Waals surface area contributed by atoms with Crippen LogP contribution >= 0.6 is 0 Å². The average Bonchev–Trinajstić information content (AvgIpc) is 2.55. The van der Waals surface area contributed by atoms with Gasteiger partial charge in [0.15, 0.2) is 0 Å². The van der Waals surface area contributed by atoms with Crippen molar-refractivity contribution in [3.05, 3.63) is 23.0 Å². The molecule has 1 atom stereocenters. The molecule has 3 rings (SSSR count). The molecule has 0 bridgehead atoms. The first-order valence-electron chi connectivity index (χ1n) is 8.44. The van der Waals surface area contributed by atoms with Crippen LogP contribution < -0.4 is 5.73 Å². The van der Waals surface area contributed by atoms with E-state index in [0.29, 0.717) is 5.41 Å². The molecule has 1 aromatic rings. The number of aromatic nitrogens is 1. The second kappa shape index (κ2) is 5.22. The van der Waals surface area contributed by atoms with E-state index in [-0.39, 0.29) is 6.04 Å². The molecule has 0 aliphatic heterocycles. The van der Waals surface area contributed by atoms with Gasteiger partial charge in [0.05, 0.1) is 0 Å². The fraction of sp³-hybridized carbons (Fsp3) is 0.778. The zero-order valence-electron chi connectivity index (χ0n) is 13.4. The van der Waals surface area contributed by atoms with Crippen LogP contribution in [0, 0.1) is 12.3 Å². The van der Waals surface area contributed by atoms with E-state index in [2.05, 4.69) is 31.4 Å². The predicted molar refractivity (Wildman–Crippen MR) is 84.9 cm³/mol. The lowest BCUT2D eigenvalue weighted by molar-refractivity contribution is 0.268. The number of nitrogens with zero attached hydrogens (tertiary/aromatic N) is 1. The van der Waals surface area contributed by atoms with Crippen LogP contribution in [0.2, 0.25) is 0 Å². The van der Waals surface area contributed by atoms with E-state index in [4.69, 9.17) is 5.73 Å². The third-order valence-electron chi connectivity index (χ3n) is 5.38. The van der Waals surface area contributed by atoms with Crippen LogP contribution in [0.15, 0.2) is 6.07 Å². The molecule has 0 aromatic carbocycles. The number of nitrogens with two attached hydrogens (primary N) is 1. The van der Waals surface area contributed by atoms with Gasteiger partial charge in [0.2, 0.25) is 0 Å². The van der Waals surface area contributed by atoms with E-state index < -0.39 is 0 Å². The smallest absolute Gasteiger partial charge is 0.0336 e. The van der Waals surface area contributed by atoms with Gasteiger partial charge in [-0.05, 0) is 49.7 Å². The molecule has 112 valence electrons. The maximum Gasteiger partial charge on any atom is 0.0336 e. The molecule has 2 heteroatoms. The minimum atomic E-state index is 0.236. The molecule has 1 fully saturated rings. The minimum Gasteiger partial charge on any atom is -0.346 e. The molecule has 1 aromatic heterocycles. The van der Waals surface area contributed by atoms with Gasteiger partial charge in [-0.1, -0.05) is 39.5 Å². The maximum absolute atomic E-state index is 6.45. The summed E-state index contributed by atoms with van der Waals surface area (Å²) >= 11 is 0. The van der Waals surface area contributed by atoms with E-state index in [1.807, 2.05) is 0 Å². The number of aryl methyl sites for hydroxylation is 1. The van der Waals surface area contributed by atoms with Gasteiger partial charge in [0, 0.05) is 23.5 Å². The third-order valence-corrected chi connectivity index (χ3v) is 5.38. The lowest BCUT2D eigenvalue weighted by Crippen LogP contribution is -2.31. The molecule has 20 heavy (non-hydrogen) atoms. The zero-order chi connectivity index (χ0) is 14.3. The second-order valence-corrected chi connectivity index (χ2v) is 7.85. The Morgan fingerprint density at radius 1 is 1.15 bits per heavy atom. The molecule has 1 unspecified atom stereocenters. The molecule has 0 saturated heterocycles. The number of fused-ring (bicyclic) bond motifs is 1. The Kier molecular flexibility index (Phi) is 3.70. The van der Waals surface area contributed by atoms with Crippen LogP contribution in [-0.4, -0.2) is 4.57 Å². The normalized spacial score (nSPS) is 27.1. The van der Waals surface area contributed by atoms with Crippen LogP contribution in [0.3, 0.4) is 0 Å². The SMILES string of the molecule is Cc1cc2c(n1C1CCCCCC1)CC(C)(C)CC2N. The van der Waals surface area contributed by atoms with Gasteiger partial charge in [-0.25, -0.2) is 0 Å². The zero-order valence-corrected chi connectivity index (χ0v) is 13.4. The maximum atomic E-state index is 6.45. The van der Waals surface area contributed by atoms with Gasteiger partial charge < -0.3 is 10.3 Å². The molecule has 2 aliphatic rings. The number of hydrogen-bond acceptors (Lipinski definition) is 1. The Morgan fingerprint density at radius 2 is 1.80 bits per heavy atom. The highest BCUT2D eigenvalue weighted by atomic mass is 15.0. The Morgan fingerprint density at radius 3 is 2.45 bits per heavy atom. The van der Waals surface area contributed by atoms with Gasteiger partial charge in [-0.3, -0.25) is 0 Å². The molecule has 2 aliphatic carbocycles. The van der Waals surface area contributed by atoms with E-state index in [9.17, 15) is 0 Å². The van der Waals surface area contributed by atoms with Crippen LogP contribution in [0.25, 0.3) is 0 Å². The largest absolute Gasteiger partial charge is 0.346 e. The molecule has 0 spiro atoms. The number of rotatable bonds is 1. The van der Waals surface area contributed by atoms with Crippen molar-refractivity contribution in [3.8, 4) is 0 Å². The summed E-state index contributed by atoms with van der Waals surface area (Å²) in [5, 5.41) is 0.